The van der Waals surface area contributed by atoms with Gasteiger partial charge in [0.05, 0.1) is 0 Å². The lowest BCUT2D eigenvalue weighted by molar-refractivity contribution is 0.719. The molecular formula is C8H11ClIN3. The number of halogens is 2. The second-order valence-electron chi connectivity index (χ2n) is 2.89. The second-order valence-corrected chi connectivity index (χ2v) is 4.27. The Kier molecular flexibility index (Phi) is 3.73. The van der Waals surface area contributed by atoms with E-state index >= 15 is 0 Å². The Morgan fingerprint density at radius 1 is 1.54 bits per heavy atom. The van der Waals surface area contributed by atoms with Crippen molar-refractivity contribution in [2.75, 3.05) is 5.73 Å². The average molecular weight is 312 g/mol. The first-order valence-corrected chi connectivity index (χ1v) is 5.50. The number of hydrogen-bond donors (Lipinski definition) is 1. The van der Waals surface area contributed by atoms with E-state index in [1.165, 1.54) is 0 Å². The number of nitrogens with zero attached hydrogens (tertiary/aromatic N) is 2. The van der Waals surface area contributed by atoms with Gasteiger partial charge in [0.15, 0.2) is 0 Å². The second kappa shape index (κ2) is 4.41. The van der Waals surface area contributed by atoms with Crippen molar-refractivity contribution < 1.29 is 0 Å². The largest absolute Gasteiger partial charge is 0.368 e. The summed E-state index contributed by atoms with van der Waals surface area (Å²) in [5.74, 6) is 0.612. The van der Waals surface area contributed by atoms with Crippen LogP contribution in [0.15, 0.2) is 0 Å². The Hall–Kier alpha value is -0.100. The molecule has 0 spiro atoms. The zero-order valence-corrected chi connectivity index (χ0v) is 10.4. The maximum Gasteiger partial charge on any atom is 0.222 e. The molecule has 1 rings (SSSR count). The molecule has 0 radical (unpaired) electrons. The Labute approximate surface area is 96.2 Å². The van der Waals surface area contributed by atoms with E-state index in [1.807, 2.05) is 0 Å². The minimum atomic E-state index is 0.237. The van der Waals surface area contributed by atoms with Gasteiger partial charge in [0.2, 0.25) is 5.95 Å². The van der Waals surface area contributed by atoms with Gasteiger partial charge in [-0.2, -0.15) is 0 Å². The molecule has 0 aromatic carbocycles. The van der Waals surface area contributed by atoms with Crippen LogP contribution in [0.1, 0.15) is 31.7 Å². The zero-order chi connectivity index (χ0) is 10.0. The van der Waals surface area contributed by atoms with Gasteiger partial charge in [-0.1, -0.05) is 25.4 Å². The van der Waals surface area contributed by atoms with Crippen LogP contribution in [0.2, 0.25) is 5.15 Å². The maximum atomic E-state index is 5.97. The highest BCUT2D eigenvalue weighted by Gasteiger charge is 2.14. The highest BCUT2D eigenvalue weighted by Crippen LogP contribution is 2.29. The van der Waals surface area contributed by atoms with Gasteiger partial charge in [0, 0.05) is 5.56 Å². The summed E-state index contributed by atoms with van der Waals surface area (Å²) in [7, 11) is 0. The van der Waals surface area contributed by atoms with Gasteiger partial charge in [0.1, 0.15) is 8.85 Å². The quantitative estimate of drug-likeness (QED) is 0.675. The fourth-order valence-corrected chi connectivity index (χ4v) is 2.60. The van der Waals surface area contributed by atoms with Crippen LogP contribution in [0.4, 0.5) is 5.95 Å². The average Bonchev–Trinajstić information content (AvgIpc) is 2.02. The van der Waals surface area contributed by atoms with Crippen LogP contribution < -0.4 is 5.73 Å². The van der Waals surface area contributed by atoms with Gasteiger partial charge in [0.25, 0.3) is 0 Å². The van der Waals surface area contributed by atoms with Crippen LogP contribution >= 0.6 is 34.2 Å². The number of hydrogen-bond acceptors (Lipinski definition) is 3. The third-order valence-electron chi connectivity index (χ3n) is 1.98. The van der Waals surface area contributed by atoms with Gasteiger partial charge in [-0.05, 0) is 34.9 Å². The molecule has 0 saturated carbocycles. The summed E-state index contributed by atoms with van der Waals surface area (Å²) in [5, 5.41) is 0.478. The molecule has 0 amide bonds. The third kappa shape index (κ3) is 2.43. The Morgan fingerprint density at radius 2 is 2.15 bits per heavy atom. The molecule has 1 atom stereocenters. The first-order valence-electron chi connectivity index (χ1n) is 4.04. The van der Waals surface area contributed by atoms with Gasteiger partial charge in [-0.25, -0.2) is 9.97 Å². The summed E-state index contributed by atoms with van der Waals surface area (Å²) < 4.78 is 0.851. The molecule has 0 aliphatic rings. The van der Waals surface area contributed by atoms with Crippen molar-refractivity contribution in [3.05, 3.63) is 14.4 Å². The van der Waals surface area contributed by atoms with Gasteiger partial charge < -0.3 is 5.73 Å². The molecule has 1 aromatic heterocycles. The molecule has 2 N–H and O–H groups in total. The molecule has 0 fully saturated rings. The highest BCUT2D eigenvalue weighted by molar-refractivity contribution is 14.1. The van der Waals surface area contributed by atoms with Crippen molar-refractivity contribution in [2.24, 2.45) is 0 Å². The SMILES string of the molecule is CCC(C)c1c(Cl)nc(N)nc1I. The standard InChI is InChI=1S/C8H11ClIN3/c1-3-4(2)5-6(9)12-8(11)13-7(5)10/h4H,3H2,1-2H3,(H2,11,12,13). The molecule has 0 bridgehead atoms. The Bertz CT molecular complexity index is 293. The molecule has 3 nitrogen and oxygen atoms in total. The van der Waals surface area contributed by atoms with Crippen LogP contribution in [-0.2, 0) is 0 Å². The number of nitrogen functional groups attached to an aromatic ring is 1. The first kappa shape index (κ1) is 11.0. The molecule has 1 unspecified atom stereocenters. The van der Waals surface area contributed by atoms with E-state index in [9.17, 15) is 0 Å². The Morgan fingerprint density at radius 3 is 2.62 bits per heavy atom. The smallest absolute Gasteiger partial charge is 0.222 e. The summed E-state index contributed by atoms with van der Waals surface area (Å²) in [4.78, 5) is 8.00. The zero-order valence-electron chi connectivity index (χ0n) is 7.51. The van der Waals surface area contributed by atoms with Crippen molar-refractivity contribution in [3.63, 3.8) is 0 Å². The van der Waals surface area contributed by atoms with Crippen molar-refractivity contribution in [3.8, 4) is 0 Å². The summed E-state index contributed by atoms with van der Waals surface area (Å²) in [6, 6.07) is 0. The molecule has 1 aromatic rings. The third-order valence-corrected chi connectivity index (χ3v) is 3.09. The summed E-state index contributed by atoms with van der Waals surface area (Å²) >= 11 is 8.11. The van der Waals surface area contributed by atoms with Gasteiger partial charge >= 0.3 is 0 Å². The highest BCUT2D eigenvalue weighted by atomic mass is 127. The molecule has 5 heteroatoms. The van der Waals surface area contributed by atoms with Crippen LogP contribution in [0.5, 0.6) is 0 Å². The van der Waals surface area contributed by atoms with E-state index in [4.69, 9.17) is 17.3 Å². The molecule has 0 aliphatic heterocycles. The van der Waals surface area contributed by atoms with Crippen LogP contribution in [0, 0.1) is 3.70 Å². The topological polar surface area (TPSA) is 51.8 Å². The summed E-state index contributed by atoms with van der Waals surface area (Å²) in [6.07, 6.45) is 1.02. The summed E-state index contributed by atoms with van der Waals surface area (Å²) in [6.45, 7) is 4.20. The molecule has 0 aliphatic carbocycles. The van der Waals surface area contributed by atoms with E-state index in [-0.39, 0.29) is 5.95 Å². The lowest BCUT2D eigenvalue weighted by Crippen LogP contribution is -2.05. The minimum Gasteiger partial charge on any atom is -0.368 e. The number of rotatable bonds is 2. The lowest BCUT2D eigenvalue weighted by atomic mass is 10.0. The molecule has 0 saturated heterocycles. The monoisotopic (exact) mass is 311 g/mol. The fraction of sp³-hybridized carbons (Fsp3) is 0.500. The first-order chi connectivity index (χ1) is 6.06. The molecule has 1 heterocycles. The van der Waals surface area contributed by atoms with E-state index in [0.29, 0.717) is 11.1 Å². The minimum absolute atomic E-state index is 0.237. The van der Waals surface area contributed by atoms with E-state index in [0.717, 1.165) is 15.7 Å². The van der Waals surface area contributed by atoms with Crippen molar-refractivity contribution in [1.82, 2.24) is 9.97 Å². The molecular weight excluding hydrogens is 300 g/mol. The summed E-state index contributed by atoms with van der Waals surface area (Å²) in [5.41, 5.74) is 6.46. The van der Waals surface area contributed by atoms with E-state index < -0.39 is 0 Å². The van der Waals surface area contributed by atoms with Crippen molar-refractivity contribution in [1.29, 1.82) is 0 Å². The van der Waals surface area contributed by atoms with Crippen molar-refractivity contribution in [2.45, 2.75) is 26.2 Å². The van der Waals surface area contributed by atoms with Crippen LogP contribution in [0.25, 0.3) is 0 Å². The normalized spacial score (nSPS) is 12.9. The van der Waals surface area contributed by atoms with Gasteiger partial charge in [-0.15, -0.1) is 0 Å². The predicted molar refractivity (Wildman–Crippen MR) is 62.9 cm³/mol. The lowest BCUT2D eigenvalue weighted by Gasteiger charge is -2.12. The van der Waals surface area contributed by atoms with E-state index in [2.05, 4.69) is 46.4 Å². The number of anilines is 1. The van der Waals surface area contributed by atoms with Crippen LogP contribution in [0.3, 0.4) is 0 Å². The van der Waals surface area contributed by atoms with Crippen LogP contribution in [-0.4, -0.2) is 9.97 Å². The fourth-order valence-electron chi connectivity index (χ4n) is 1.04. The van der Waals surface area contributed by atoms with E-state index in [1.54, 1.807) is 0 Å². The Balaban J connectivity index is 3.20. The number of aromatic nitrogens is 2. The predicted octanol–water partition coefficient (Wildman–Crippen LogP) is 2.83. The van der Waals surface area contributed by atoms with Crippen molar-refractivity contribution >= 4 is 40.1 Å². The number of nitrogens with two attached hydrogens (primary N) is 1. The molecule has 13 heavy (non-hydrogen) atoms. The van der Waals surface area contributed by atoms with Gasteiger partial charge in [-0.3, -0.25) is 0 Å². The molecule has 72 valence electrons. The maximum absolute atomic E-state index is 5.97.